The van der Waals surface area contributed by atoms with Crippen LogP contribution in [0.1, 0.15) is 28.2 Å². The van der Waals surface area contributed by atoms with Crippen LogP contribution in [-0.2, 0) is 11.6 Å². The summed E-state index contributed by atoms with van der Waals surface area (Å²) in [5.41, 5.74) is 2.89. The number of fused-ring (bicyclic) bond motifs is 3. The summed E-state index contributed by atoms with van der Waals surface area (Å²) < 4.78 is 56.1. The van der Waals surface area contributed by atoms with E-state index in [1.807, 2.05) is 66.7 Å². The minimum Gasteiger partial charge on any atom is -0.232 e. The van der Waals surface area contributed by atoms with Gasteiger partial charge in [0.25, 0.3) is 0 Å². The van der Waals surface area contributed by atoms with Crippen LogP contribution in [0.15, 0.2) is 109 Å². The van der Waals surface area contributed by atoms with Gasteiger partial charge in [0, 0.05) is 18.5 Å². The zero-order valence-electron chi connectivity index (χ0n) is 20.6. The number of nitrogens with zero attached hydrogens (tertiary/aromatic N) is 6. The minimum absolute atomic E-state index is 0.222. The smallest absolute Gasteiger partial charge is 0.232 e. The largest absolute Gasteiger partial charge is 0.435 e. The number of alkyl halides is 3. The molecule has 40 heavy (non-hydrogen) atoms. The van der Waals surface area contributed by atoms with Gasteiger partial charge in [-0.2, -0.15) is 22.7 Å². The van der Waals surface area contributed by atoms with E-state index >= 15 is 0 Å². The number of hydrogen-bond acceptors (Lipinski definition) is 4. The molecule has 0 atom stereocenters. The molecule has 4 aromatic heterocycles. The number of benzene rings is 2. The van der Waals surface area contributed by atoms with Crippen LogP contribution in [0.4, 0.5) is 17.6 Å². The highest BCUT2D eigenvalue weighted by Crippen LogP contribution is 2.55. The lowest BCUT2D eigenvalue weighted by Crippen LogP contribution is -2.31. The van der Waals surface area contributed by atoms with Gasteiger partial charge in [0.1, 0.15) is 5.41 Å². The topological polar surface area (TPSA) is 61.4 Å². The highest BCUT2D eigenvalue weighted by Gasteiger charge is 2.48. The van der Waals surface area contributed by atoms with Crippen molar-refractivity contribution in [3.05, 3.63) is 144 Å². The Morgan fingerprint density at radius 3 is 1.60 bits per heavy atom. The first-order valence-electron chi connectivity index (χ1n) is 12.3. The quantitative estimate of drug-likeness (QED) is 0.245. The van der Waals surface area contributed by atoms with Crippen molar-refractivity contribution in [3.8, 4) is 22.8 Å². The van der Waals surface area contributed by atoms with Gasteiger partial charge in [0.15, 0.2) is 17.3 Å². The first kappa shape index (κ1) is 24.0. The van der Waals surface area contributed by atoms with Gasteiger partial charge in [-0.25, -0.2) is 19.3 Å². The zero-order chi connectivity index (χ0) is 27.5. The molecule has 7 rings (SSSR count). The van der Waals surface area contributed by atoms with Gasteiger partial charge in [0.2, 0.25) is 5.95 Å². The van der Waals surface area contributed by atoms with Crippen LogP contribution >= 0.6 is 0 Å². The van der Waals surface area contributed by atoms with Crippen LogP contribution in [0.25, 0.3) is 22.8 Å². The molecule has 0 N–H and O–H groups in total. The standard InChI is InChI=1S/C30H18F4N6/c31-26-16-18-40(38-26)28-14-6-12-24(36-28)29(21-9-3-1-7-19(21)20-8-2-4-10-22(20)29)23-11-5-13-27(35-23)39-17-15-25(37-39)30(32,33)34/h1-18H. The van der Waals surface area contributed by atoms with Gasteiger partial charge >= 0.3 is 6.18 Å². The molecule has 2 aromatic carbocycles. The number of aromatic nitrogens is 6. The maximum atomic E-state index is 13.8. The van der Waals surface area contributed by atoms with Crippen molar-refractivity contribution in [2.45, 2.75) is 11.6 Å². The molecule has 196 valence electrons. The van der Waals surface area contributed by atoms with Gasteiger partial charge in [-0.1, -0.05) is 60.7 Å². The first-order valence-corrected chi connectivity index (χ1v) is 12.3. The fraction of sp³-hybridized carbons (Fsp3) is 0.0667. The van der Waals surface area contributed by atoms with E-state index in [1.165, 1.54) is 23.1 Å². The average molecular weight is 539 g/mol. The Balaban J connectivity index is 1.51. The summed E-state index contributed by atoms with van der Waals surface area (Å²) >= 11 is 0. The van der Waals surface area contributed by atoms with E-state index in [2.05, 4.69) is 10.2 Å². The van der Waals surface area contributed by atoms with Crippen LogP contribution in [0.3, 0.4) is 0 Å². The van der Waals surface area contributed by atoms with Crippen molar-refractivity contribution < 1.29 is 17.6 Å². The second-order valence-electron chi connectivity index (χ2n) is 9.33. The maximum Gasteiger partial charge on any atom is 0.435 e. The lowest BCUT2D eigenvalue weighted by Gasteiger charge is -2.32. The molecule has 0 unspecified atom stereocenters. The second kappa shape index (κ2) is 8.70. The molecule has 0 amide bonds. The van der Waals surface area contributed by atoms with Crippen molar-refractivity contribution in [1.29, 1.82) is 0 Å². The molecule has 6 aromatic rings. The molecule has 0 saturated heterocycles. The second-order valence-corrected chi connectivity index (χ2v) is 9.33. The third-order valence-electron chi connectivity index (χ3n) is 7.10. The average Bonchev–Trinajstić information content (AvgIpc) is 3.70. The molecular formula is C30H18F4N6. The van der Waals surface area contributed by atoms with Crippen molar-refractivity contribution in [3.63, 3.8) is 0 Å². The zero-order valence-corrected chi connectivity index (χ0v) is 20.6. The third kappa shape index (κ3) is 3.56. The lowest BCUT2D eigenvalue weighted by molar-refractivity contribution is -0.141. The highest BCUT2D eigenvalue weighted by atomic mass is 19.4. The highest BCUT2D eigenvalue weighted by molar-refractivity contribution is 5.85. The molecule has 1 aliphatic rings. The van der Waals surface area contributed by atoms with E-state index in [-0.39, 0.29) is 5.82 Å². The molecule has 0 saturated carbocycles. The monoisotopic (exact) mass is 538 g/mol. The number of pyridine rings is 2. The molecule has 6 nitrogen and oxygen atoms in total. The van der Waals surface area contributed by atoms with E-state index in [4.69, 9.17) is 9.97 Å². The third-order valence-corrected chi connectivity index (χ3v) is 7.10. The van der Waals surface area contributed by atoms with Crippen LogP contribution < -0.4 is 0 Å². The molecule has 1 aliphatic carbocycles. The van der Waals surface area contributed by atoms with E-state index in [0.717, 1.165) is 33.0 Å². The summed E-state index contributed by atoms with van der Waals surface area (Å²) in [6, 6.07) is 28.6. The molecule has 0 radical (unpaired) electrons. The summed E-state index contributed by atoms with van der Waals surface area (Å²) in [5.74, 6) is -0.00878. The van der Waals surface area contributed by atoms with Crippen LogP contribution in [0, 0.1) is 5.95 Å². The summed E-state index contributed by atoms with van der Waals surface area (Å²) in [4.78, 5) is 9.83. The van der Waals surface area contributed by atoms with E-state index in [9.17, 15) is 17.6 Å². The Morgan fingerprint density at radius 2 is 1.10 bits per heavy atom. The Bertz CT molecular complexity index is 1840. The Kier molecular flexibility index (Phi) is 5.21. The summed E-state index contributed by atoms with van der Waals surface area (Å²) in [6.07, 6.45) is -1.85. The number of halogens is 4. The molecule has 0 fully saturated rings. The predicted molar refractivity (Wildman–Crippen MR) is 139 cm³/mol. The minimum atomic E-state index is -4.58. The summed E-state index contributed by atoms with van der Waals surface area (Å²) in [7, 11) is 0. The van der Waals surface area contributed by atoms with Crippen LogP contribution in [-0.4, -0.2) is 29.5 Å². The van der Waals surface area contributed by atoms with Gasteiger partial charge < -0.3 is 0 Å². The molecule has 0 aliphatic heterocycles. The fourth-order valence-corrected chi connectivity index (χ4v) is 5.47. The van der Waals surface area contributed by atoms with Gasteiger partial charge in [-0.05, 0) is 52.6 Å². The lowest BCUT2D eigenvalue weighted by atomic mass is 9.72. The Labute approximate surface area is 225 Å². The molecular weight excluding hydrogens is 520 g/mol. The molecule has 4 heterocycles. The SMILES string of the molecule is Fc1ccn(-c2cccc(C3(c4cccc(-n5ccc(C(F)(F)F)n5)n4)c4ccccc4-c4ccccc43)n2)n1. The van der Waals surface area contributed by atoms with E-state index < -0.39 is 23.2 Å². The van der Waals surface area contributed by atoms with Gasteiger partial charge in [-0.3, -0.25) is 0 Å². The molecule has 0 bridgehead atoms. The first-order chi connectivity index (χ1) is 19.4. The fourth-order valence-electron chi connectivity index (χ4n) is 5.47. The van der Waals surface area contributed by atoms with Crippen molar-refractivity contribution in [1.82, 2.24) is 29.5 Å². The Morgan fingerprint density at radius 1 is 0.575 bits per heavy atom. The van der Waals surface area contributed by atoms with Crippen molar-refractivity contribution in [2.75, 3.05) is 0 Å². The van der Waals surface area contributed by atoms with Crippen molar-refractivity contribution in [2.24, 2.45) is 0 Å². The van der Waals surface area contributed by atoms with Crippen LogP contribution in [0.5, 0.6) is 0 Å². The van der Waals surface area contributed by atoms with E-state index in [1.54, 1.807) is 18.2 Å². The van der Waals surface area contributed by atoms with Gasteiger partial charge in [0.05, 0.1) is 11.4 Å². The molecule has 0 spiro atoms. The summed E-state index contributed by atoms with van der Waals surface area (Å²) in [5, 5.41) is 7.60. The van der Waals surface area contributed by atoms with Gasteiger partial charge in [-0.15, -0.1) is 5.10 Å². The van der Waals surface area contributed by atoms with Crippen molar-refractivity contribution >= 4 is 0 Å². The number of hydrogen-bond donors (Lipinski definition) is 0. The van der Waals surface area contributed by atoms with E-state index in [0.29, 0.717) is 17.2 Å². The maximum absolute atomic E-state index is 13.8. The molecule has 10 heteroatoms. The number of rotatable bonds is 4. The summed E-state index contributed by atoms with van der Waals surface area (Å²) in [6.45, 7) is 0. The Hall–Kier alpha value is -5.12. The normalized spacial score (nSPS) is 13.7. The van der Waals surface area contributed by atoms with Crippen LogP contribution in [0.2, 0.25) is 0 Å². The predicted octanol–water partition coefficient (Wildman–Crippen LogP) is 6.37.